The third kappa shape index (κ3) is 5.52. The molecule has 0 saturated carbocycles. The zero-order valence-electron chi connectivity index (χ0n) is 20.1. The zero-order valence-corrected chi connectivity index (χ0v) is 21.0. The number of nitrogens with one attached hydrogen (secondary N) is 1. The summed E-state index contributed by atoms with van der Waals surface area (Å²) in [6, 6.07) is 16.3. The maximum atomic E-state index is 13.1. The highest BCUT2D eigenvalue weighted by Gasteiger charge is 2.32. The van der Waals surface area contributed by atoms with E-state index in [2.05, 4.69) is 5.32 Å². The van der Waals surface area contributed by atoms with Gasteiger partial charge in [0.05, 0.1) is 9.80 Å². The number of aliphatic carboxylic acids is 1. The van der Waals surface area contributed by atoms with Gasteiger partial charge in [-0.05, 0) is 55.5 Å². The van der Waals surface area contributed by atoms with Gasteiger partial charge in [-0.15, -0.1) is 0 Å². The number of ether oxygens (including phenoxy) is 2. The fourth-order valence-corrected chi connectivity index (χ4v) is 5.65. The van der Waals surface area contributed by atoms with E-state index < -0.39 is 34.5 Å². The first kappa shape index (κ1) is 25.2. The van der Waals surface area contributed by atoms with Crippen molar-refractivity contribution in [3.05, 3.63) is 76.7 Å². The van der Waals surface area contributed by atoms with Gasteiger partial charge in [-0.3, -0.25) is 0 Å². The zero-order chi connectivity index (χ0) is 26.1. The number of carbonyl (C=O) groups excluding carboxylic acids is 1. The largest absolute Gasteiger partial charge is 0.488 e. The molecule has 188 valence electrons. The number of carbonyl (C=O) groups is 2. The third-order valence-corrected chi connectivity index (χ3v) is 7.48. The predicted octanol–water partition coefficient (Wildman–Crippen LogP) is 4.57. The molecule has 0 fully saturated rings. The average Bonchev–Trinajstić information content (AvgIpc) is 3.07. The molecule has 0 radical (unpaired) electrons. The van der Waals surface area contributed by atoms with Gasteiger partial charge in [-0.25, -0.2) is 18.0 Å². The van der Waals surface area contributed by atoms with E-state index in [1.807, 2.05) is 39.0 Å². The Morgan fingerprint density at radius 3 is 2.36 bits per heavy atom. The van der Waals surface area contributed by atoms with E-state index in [0.29, 0.717) is 22.3 Å². The molecule has 1 amide bonds. The minimum Gasteiger partial charge on any atom is -0.488 e. The second kappa shape index (κ2) is 9.66. The number of carboxylic acid groups (broad SMARTS) is 1. The summed E-state index contributed by atoms with van der Waals surface area (Å²) in [5.41, 5.74) is 0.829. The Hall–Kier alpha value is -3.85. The highest BCUT2D eigenvalue weighted by Crippen LogP contribution is 2.38. The summed E-state index contributed by atoms with van der Waals surface area (Å²) in [4.78, 5) is 24.2. The smallest absolute Gasteiger partial charge is 0.408 e. The summed E-state index contributed by atoms with van der Waals surface area (Å²) in [7, 11) is -3.85. The Morgan fingerprint density at radius 1 is 1.00 bits per heavy atom. The number of amides is 1. The number of rotatable bonds is 7. The lowest BCUT2D eigenvalue weighted by Gasteiger charge is -2.21. The fraction of sp³-hybridized carbons (Fsp3) is 0.259. The Morgan fingerprint density at radius 2 is 1.69 bits per heavy atom. The molecule has 1 heterocycles. The molecule has 36 heavy (non-hydrogen) atoms. The van der Waals surface area contributed by atoms with Crippen molar-refractivity contribution in [3.8, 4) is 5.75 Å². The van der Waals surface area contributed by atoms with Crippen molar-refractivity contribution in [2.45, 2.75) is 43.7 Å². The molecule has 3 aromatic carbocycles. The highest BCUT2D eigenvalue weighted by molar-refractivity contribution is 7.96. The van der Waals surface area contributed by atoms with Gasteiger partial charge in [0.1, 0.15) is 24.0 Å². The Kier molecular flexibility index (Phi) is 6.77. The van der Waals surface area contributed by atoms with Gasteiger partial charge >= 0.3 is 12.1 Å². The standard InChI is InChI=1S/C27H27NO7S/c1-27(2,3)35-20-12-8-17(9-13-20)14-23(25(29)30)28-26(31)34-16-21-15-19-11-10-18-6-4-5-7-22(18)24(19)36(21,32)33/h4-13,15,23H,14,16H2,1-3H3,(H,28,31)(H,29,30)/t23-/m0/s1. The van der Waals surface area contributed by atoms with Gasteiger partial charge in [0.15, 0.2) is 0 Å². The first-order valence-electron chi connectivity index (χ1n) is 11.4. The van der Waals surface area contributed by atoms with Gasteiger partial charge in [0, 0.05) is 11.8 Å². The van der Waals surface area contributed by atoms with Crippen LogP contribution in [0.25, 0.3) is 16.8 Å². The molecular formula is C27H27NO7S. The fourth-order valence-electron chi connectivity index (χ4n) is 3.98. The SMILES string of the molecule is CC(C)(C)Oc1ccc(C[C@H](NC(=O)OCC2=Cc3ccc4ccccc4c3S2(=O)=O)C(=O)O)cc1. The minimum atomic E-state index is -3.85. The molecule has 0 aromatic heterocycles. The van der Waals surface area contributed by atoms with E-state index >= 15 is 0 Å². The summed E-state index contributed by atoms with van der Waals surface area (Å²) < 4.78 is 37.1. The van der Waals surface area contributed by atoms with E-state index in [9.17, 15) is 23.1 Å². The summed E-state index contributed by atoms with van der Waals surface area (Å²) in [6.45, 7) is 5.25. The first-order chi connectivity index (χ1) is 16.9. The molecule has 9 heteroatoms. The number of benzene rings is 3. The Bertz CT molecular complexity index is 1450. The second-order valence-corrected chi connectivity index (χ2v) is 11.4. The van der Waals surface area contributed by atoms with E-state index in [0.717, 1.165) is 5.39 Å². The van der Waals surface area contributed by atoms with Crippen LogP contribution in [-0.4, -0.2) is 43.8 Å². The maximum Gasteiger partial charge on any atom is 0.408 e. The topological polar surface area (TPSA) is 119 Å². The molecule has 1 aliphatic rings. The molecule has 4 rings (SSSR count). The maximum absolute atomic E-state index is 13.1. The molecule has 0 bridgehead atoms. The van der Waals surface area contributed by atoms with Crippen LogP contribution >= 0.6 is 0 Å². The normalized spacial score (nSPS) is 15.0. The van der Waals surface area contributed by atoms with E-state index in [1.54, 1.807) is 42.5 Å². The molecule has 1 atom stereocenters. The van der Waals surface area contributed by atoms with Crippen molar-refractivity contribution < 1.29 is 32.6 Å². The molecule has 0 unspecified atom stereocenters. The van der Waals surface area contributed by atoms with Crippen LogP contribution in [0.4, 0.5) is 4.79 Å². The lowest BCUT2D eigenvalue weighted by Crippen LogP contribution is -2.42. The molecular weight excluding hydrogens is 482 g/mol. The minimum absolute atomic E-state index is 0.0126. The highest BCUT2D eigenvalue weighted by atomic mass is 32.2. The van der Waals surface area contributed by atoms with Gasteiger partial charge in [0.2, 0.25) is 9.84 Å². The van der Waals surface area contributed by atoms with Gasteiger partial charge in [-0.2, -0.15) is 0 Å². The van der Waals surface area contributed by atoms with Crippen molar-refractivity contribution in [1.82, 2.24) is 5.32 Å². The van der Waals surface area contributed by atoms with Crippen molar-refractivity contribution in [2.24, 2.45) is 0 Å². The van der Waals surface area contributed by atoms with Crippen LogP contribution in [0.5, 0.6) is 5.75 Å². The predicted molar refractivity (Wildman–Crippen MR) is 136 cm³/mol. The van der Waals surface area contributed by atoms with E-state index in [-0.39, 0.29) is 21.8 Å². The first-order valence-corrected chi connectivity index (χ1v) is 12.8. The van der Waals surface area contributed by atoms with Crippen LogP contribution in [-0.2, 0) is 25.8 Å². The van der Waals surface area contributed by atoms with Crippen molar-refractivity contribution in [1.29, 1.82) is 0 Å². The van der Waals surface area contributed by atoms with Gasteiger partial charge in [0.25, 0.3) is 0 Å². The molecule has 0 saturated heterocycles. The number of sulfone groups is 1. The summed E-state index contributed by atoms with van der Waals surface area (Å²) in [5, 5.41) is 13.3. The van der Waals surface area contributed by atoms with Gasteiger partial charge < -0.3 is 19.9 Å². The number of fused-ring (bicyclic) bond motifs is 3. The van der Waals surface area contributed by atoms with Gasteiger partial charge in [-0.1, -0.05) is 48.5 Å². The van der Waals surface area contributed by atoms with Crippen LogP contribution < -0.4 is 10.1 Å². The number of carboxylic acids is 1. The molecule has 1 aliphatic heterocycles. The number of hydrogen-bond donors (Lipinski definition) is 2. The van der Waals surface area contributed by atoms with Crippen LogP contribution in [0.3, 0.4) is 0 Å². The molecule has 0 aliphatic carbocycles. The lowest BCUT2D eigenvalue weighted by atomic mass is 10.1. The van der Waals surface area contributed by atoms with Crippen LogP contribution in [0.1, 0.15) is 31.9 Å². The lowest BCUT2D eigenvalue weighted by molar-refractivity contribution is -0.139. The monoisotopic (exact) mass is 509 g/mol. The third-order valence-electron chi connectivity index (χ3n) is 5.56. The molecule has 8 nitrogen and oxygen atoms in total. The van der Waals surface area contributed by atoms with Crippen molar-refractivity contribution in [3.63, 3.8) is 0 Å². The summed E-state index contributed by atoms with van der Waals surface area (Å²) in [6.07, 6.45) is 0.464. The molecule has 2 N–H and O–H groups in total. The summed E-state index contributed by atoms with van der Waals surface area (Å²) >= 11 is 0. The van der Waals surface area contributed by atoms with E-state index in [4.69, 9.17) is 9.47 Å². The van der Waals surface area contributed by atoms with Crippen molar-refractivity contribution >= 4 is 38.7 Å². The van der Waals surface area contributed by atoms with Crippen LogP contribution in [0, 0.1) is 0 Å². The van der Waals surface area contributed by atoms with Crippen LogP contribution in [0.2, 0.25) is 0 Å². The van der Waals surface area contributed by atoms with Crippen molar-refractivity contribution in [2.75, 3.05) is 6.61 Å². The number of alkyl carbamates (subject to hydrolysis) is 1. The second-order valence-electron chi connectivity index (χ2n) is 9.49. The molecule has 3 aromatic rings. The number of hydrogen-bond acceptors (Lipinski definition) is 6. The Labute approximate surface area is 209 Å². The van der Waals surface area contributed by atoms with E-state index in [1.165, 1.54) is 6.08 Å². The van der Waals surface area contributed by atoms with Crippen LogP contribution in [0.15, 0.2) is 70.5 Å². The Balaban J connectivity index is 1.39. The quantitative estimate of drug-likeness (QED) is 0.479. The summed E-state index contributed by atoms with van der Waals surface area (Å²) in [5.74, 6) is -0.598. The average molecular weight is 510 g/mol. The molecule has 0 spiro atoms.